The number of phenols is 1. The zero-order chi connectivity index (χ0) is 13.7. The summed E-state index contributed by atoms with van der Waals surface area (Å²) in [6.07, 6.45) is 1.08. The molecule has 3 N–H and O–H groups in total. The molecule has 0 spiro atoms. The molecule has 2 aromatic rings. The predicted octanol–water partition coefficient (Wildman–Crippen LogP) is 3.39. The van der Waals surface area contributed by atoms with Crippen molar-refractivity contribution < 1.29 is 5.11 Å². The van der Waals surface area contributed by atoms with Crippen LogP contribution in [0.4, 0.5) is 11.4 Å². The van der Waals surface area contributed by atoms with Crippen LogP contribution in [0.5, 0.6) is 5.75 Å². The largest absolute Gasteiger partial charge is 0.508 e. The maximum atomic E-state index is 9.32. The molecule has 0 fully saturated rings. The summed E-state index contributed by atoms with van der Waals surface area (Å²) in [5, 5.41) is 9.32. The van der Waals surface area contributed by atoms with Crippen molar-refractivity contribution >= 4 is 11.4 Å². The molecular weight excluding hydrogens is 236 g/mol. The third kappa shape index (κ3) is 3.65. The number of nitrogen functional groups attached to an aromatic ring is 1. The van der Waals surface area contributed by atoms with Gasteiger partial charge in [0.25, 0.3) is 0 Å². The normalized spacial score (nSPS) is 10.4. The summed E-state index contributed by atoms with van der Waals surface area (Å²) in [6, 6.07) is 15.3. The number of hydrogen-bond acceptors (Lipinski definition) is 3. The number of anilines is 2. The van der Waals surface area contributed by atoms with E-state index in [-0.39, 0.29) is 0 Å². The fraction of sp³-hybridized carbons (Fsp3) is 0.250. The molecule has 0 aliphatic carbocycles. The second kappa shape index (κ2) is 6.14. The van der Waals surface area contributed by atoms with Crippen LogP contribution in [-0.2, 0) is 6.54 Å². The molecule has 2 aromatic carbocycles. The molecule has 0 saturated carbocycles. The smallest absolute Gasteiger partial charge is 0.115 e. The summed E-state index contributed by atoms with van der Waals surface area (Å²) in [4.78, 5) is 2.29. The van der Waals surface area contributed by atoms with Gasteiger partial charge in [0.1, 0.15) is 5.75 Å². The lowest BCUT2D eigenvalue weighted by Gasteiger charge is -2.24. The maximum Gasteiger partial charge on any atom is 0.115 e. The highest BCUT2D eigenvalue weighted by Crippen LogP contribution is 2.21. The predicted molar refractivity (Wildman–Crippen MR) is 80.3 cm³/mol. The van der Waals surface area contributed by atoms with Crippen LogP contribution < -0.4 is 10.6 Å². The monoisotopic (exact) mass is 256 g/mol. The summed E-state index contributed by atoms with van der Waals surface area (Å²) >= 11 is 0. The number of rotatable bonds is 5. The van der Waals surface area contributed by atoms with Crippen molar-refractivity contribution in [1.82, 2.24) is 0 Å². The molecule has 0 atom stereocenters. The SMILES string of the molecule is CCCN(Cc1ccc(O)cc1)c1cccc(N)c1. The Labute approximate surface area is 114 Å². The fourth-order valence-electron chi connectivity index (χ4n) is 2.11. The molecule has 0 unspecified atom stereocenters. The Kier molecular flexibility index (Phi) is 4.29. The first kappa shape index (κ1) is 13.3. The first-order valence-electron chi connectivity index (χ1n) is 6.57. The highest BCUT2D eigenvalue weighted by atomic mass is 16.3. The minimum absolute atomic E-state index is 0.301. The van der Waals surface area contributed by atoms with Crippen LogP contribution in [0.15, 0.2) is 48.5 Å². The molecule has 0 aromatic heterocycles. The van der Waals surface area contributed by atoms with Gasteiger partial charge in [0.05, 0.1) is 0 Å². The Morgan fingerprint density at radius 2 is 1.84 bits per heavy atom. The first-order valence-corrected chi connectivity index (χ1v) is 6.57. The quantitative estimate of drug-likeness (QED) is 0.806. The summed E-state index contributed by atoms with van der Waals surface area (Å²) in [7, 11) is 0. The number of benzene rings is 2. The van der Waals surface area contributed by atoms with E-state index in [2.05, 4.69) is 17.9 Å². The molecule has 100 valence electrons. The molecule has 3 nitrogen and oxygen atoms in total. The number of hydrogen-bond donors (Lipinski definition) is 2. The minimum Gasteiger partial charge on any atom is -0.508 e. The van der Waals surface area contributed by atoms with Crippen molar-refractivity contribution in [2.75, 3.05) is 17.2 Å². The van der Waals surface area contributed by atoms with Crippen molar-refractivity contribution in [2.24, 2.45) is 0 Å². The standard InChI is InChI=1S/C16H20N2O/c1-2-10-18(15-5-3-4-14(17)11-15)12-13-6-8-16(19)9-7-13/h3-9,11,19H,2,10,12,17H2,1H3. The molecule has 0 heterocycles. The minimum atomic E-state index is 0.301. The maximum absolute atomic E-state index is 9.32. The molecule has 0 bridgehead atoms. The van der Waals surface area contributed by atoms with Crippen molar-refractivity contribution in [2.45, 2.75) is 19.9 Å². The molecule has 0 radical (unpaired) electrons. The molecule has 0 aliphatic rings. The van der Waals surface area contributed by atoms with Gasteiger partial charge in [-0.05, 0) is 42.3 Å². The average Bonchev–Trinajstić information content (AvgIpc) is 2.41. The van der Waals surface area contributed by atoms with Gasteiger partial charge in [0.2, 0.25) is 0 Å². The third-order valence-corrected chi connectivity index (χ3v) is 3.04. The molecule has 3 heteroatoms. The van der Waals surface area contributed by atoms with Gasteiger partial charge in [-0.2, -0.15) is 0 Å². The van der Waals surface area contributed by atoms with Gasteiger partial charge < -0.3 is 15.7 Å². The van der Waals surface area contributed by atoms with Gasteiger partial charge in [-0.25, -0.2) is 0 Å². The number of nitrogens with two attached hydrogens (primary N) is 1. The van der Waals surface area contributed by atoms with Gasteiger partial charge in [-0.15, -0.1) is 0 Å². The van der Waals surface area contributed by atoms with Crippen molar-refractivity contribution in [1.29, 1.82) is 0 Å². The Morgan fingerprint density at radius 1 is 1.11 bits per heavy atom. The van der Waals surface area contributed by atoms with Gasteiger partial charge in [-0.3, -0.25) is 0 Å². The Hall–Kier alpha value is -2.16. The van der Waals surface area contributed by atoms with Crippen LogP contribution in [0.25, 0.3) is 0 Å². The fourth-order valence-corrected chi connectivity index (χ4v) is 2.11. The Bertz CT molecular complexity index is 523. The first-order chi connectivity index (χ1) is 9.19. The third-order valence-electron chi connectivity index (χ3n) is 3.04. The molecule has 2 rings (SSSR count). The van der Waals surface area contributed by atoms with Crippen LogP contribution in [-0.4, -0.2) is 11.7 Å². The molecule has 0 amide bonds. The number of nitrogens with zero attached hydrogens (tertiary/aromatic N) is 1. The average molecular weight is 256 g/mol. The second-order valence-electron chi connectivity index (χ2n) is 4.68. The van der Waals surface area contributed by atoms with E-state index in [1.54, 1.807) is 12.1 Å². The zero-order valence-electron chi connectivity index (χ0n) is 11.2. The van der Waals surface area contributed by atoms with Crippen LogP contribution in [0.3, 0.4) is 0 Å². The molecule has 0 saturated heterocycles. The highest BCUT2D eigenvalue weighted by molar-refractivity contribution is 5.56. The van der Waals surface area contributed by atoms with Crippen LogP contribution in [0.1, 0.15) is 18.9 Å². The summed E-state index contributed by atoms with van der Waals surface area (Å²) in [6.45, 7) is 3.96. The van der Waals surface area contributed by atoms with Crippen LogP contribution in [0, 0.1) is 0 Å². The molecular formula is C16H20N2O. The summed E-state index contributed by atoms with van der Waals surface area (Å²) < 4.78 is 0. The summed E-state index contributed by atoms with van der Waals surface area (Å²) in [5.41, 5.74) is 8.94. The lowest BCUT2D eigenvalue weighted by molar-refractivity contribution is 0.475. The van der Waals surface area contributed by atoms with E-state index in [1.165, 1.54) is 5.56 Å². The number of phenolic OH excluding ortho intramolecular Hbond substituents is 1. The second-order valence-corrected chi connectivity index (χ2v) is 4.68. The van der Waals surface area contributed by atoms with Gasteiger partial charge in [0, 0.05) is 24.5 Å². The Balaban J connectivity index is 2.18. The van der Waals surface area contributed by atoms with Crippen molar-refractivity contribution in [3.05, 3.63) is 54.1 Å². The van der Waals surface area contributed by atoms with E-state index in [4.69, 9.17) is 5.73 Å². The van der Waals surface area contributed by atoms with Crippen LogP contribution in [0.2, 0.25) is 0 Å². The van der Waals surface area contributed by atoms with E-state index < -0.39 is 0 Å². The van der Waals surface area contributed by atoms with Crippen molar-refractivity contribution in [3.63, 3.8) is 0 Å². The van der Waals surface area contributed by atoms with E-state index in [0.717, 1.165) is 30.9 Å². The molecule has 0 aliphatic heterocycles. The highest BCUT2D eigenvalue weighted by Gasteiger charge is 2.06. The van der Waals surface area contributed by atoms with E-state index in [1.807, 2.05) is 30.3 Å². The lowest BCUT2D eigenvalue weighted by Crippen LogP contribution is -2.23. The van der Waals surface area contributed by atoms with Gasteiger partial charge in [-0.1, -0.05) is 25.1 Å². The topological polar surface area (TPSA) is 49.5 Å². The lowest BCUT2D eigenvalue weighted by atomic mass is 10.1. The zero-order valence-corrected chi connectivity index (χ0v) is 11.2. The van der Waals surface area contributed by atoms with E-state index in [0.29, 0.717) is 5.75 Å². The van der Waals surface area contributed by atoms with E-state index in [9.17, 15) is 5.11 Å². The van der Waals surface area contributed by atoms with Gasteiger partial charge in [0.15, 0.2) is 0 Å². The van der Waals surface area contributed by atoms with E-state index >= 15 is 0 Å². The van der Waals surface area contributed by atoms with Crippen LogP contribution >= 0.6 is 0 Å². The molecule has 19 heavy (non-hydrogen) atoms. The summed E-state index contributed by atoms with van der Waals surface area (Å²) in [5.74, 6) is 0.301. The van der Waals surface area contributed by atoms with Gasteiger partial charge >= 0.3 is 0 Å². The number of aromatic hydroxyl groups is 1. The Morgan fingerprint density at radius 3 is 2.47 bits per heavy atom. The van der Waals surface area contributed by atoms with Crippen molar-refractivity contribution in [3.8, 4) is 5.75 Å².